The number of nitrogens with one attached hydrogen (secondary N) is 4. The van der Waals surface area contributed by atoms with Gasteiger partial charge < -0.3 is 30.9 Å². The number of benzene rings is 1. The Balaban J connectivity index is -0.000000582. The zero-order chi connectivity index (χ0) is 38.2. The van der Waals surface area contributed by atoms with E-state index in [1.807, 2.05) is 46.6 Å². The lowest BCUT2D eigenvalue weighted by Gasteiger charge is -2.20. The van der Waals surface area contributed by atoms with Crippen molar-refractivity contribution in [3.05, 3.63) is 35.7 Å². The van der Waals surface area contributed by atoms with E-state index < -0.39 is 0 Å². The van der Waals surface area contributed by atoms with Crippen molar-refractivity contribution in [1.82, 2.24) is 26.2 Å². The molecule has 0 radical (unpaired) electrons. The minimum atomic E-state index is -0.259. The number of ether oxygens (including phenoxy) is 1. The van der Waals surface area contributed by atoms with Crippen molar-refractivity contribution in [2.45, 2.75) is 100.0 Å². The average Bonchev–Trinajstić information content (AvgIpc) is 3.08. The van der Waals surface area contributed by atoms with E-state index in [9.17, 15) is 28.4 Å². The molecule has 5 amide bonds. The summed E-state index contributed by atoms with van der Waals surface area (Å²) >= 11 is 0. The number of carbonyl (C=O) groups is 5. The molecule has 0 heterocycles. The molecule has 4 N–H and O–H groups in total. The SMILES string of the molecule is C=Nc1cc(F)c(C)cc1C(=C)CC.CC(C)NC(=O)CNC=O.CCCCCCN(C)C(=O)C(C)CC.CCOCNC(=O)CNC=O. The van der Waals surface area contributed by atoms with E-state index in [1.165, 1.54) is 25.3 Å². The van der Waals surface area contributed by atoms with Crippen LogP contribution < -0.4 is 21.3 Å². The molecule has 0 bridgehead atoms. The third kappa shape index (κ3) is 27.5. The Labute approximate surface area is 294 Å². The van der Waals surface area contributed by atoms with Crippen molar-refractivity contribution in [1.29, 1.82) is 0 Å². The van der Waals surface area contributed by atoms with Gasteiger partial charge in [0.25, 0.3) is 0 Å². The molecule has 0 saturated heterocycles. The number of nitrogens with zero attached hydrogens (tertiary/aromatic N) is 2. The summed E-state index contributed by atoms with van der Waals surface area (Å²) in [5, 5.41) is 9.54. The van der Waals surface area contributed by atoms with Gasteiger partial charge in [0.2, 0.25) is 30.5 Å². The molecule has 1 unspecified atom stereocenters. The molecule has 1 atom stereocenters. The Morgan fingerprint density at radius 3 is 2.04 bits per heavy atom. The zero-order valence-corrected chi connectivity index (χ0v) is 31.4. The summed E-state index contributed by atoms with van der Waals surface area (Å²) in [4.78, 5) is 58.1. The summed E-state index contributed by atoms with van der Waals surface area (Å²) in [6.07, 6.45) is 7.67. The monoisotopic (exact) mass is 694 g/mol. The standard InChI is InChI=1S/C12H14FN.C12H25NO.C6H12N2O3.C6H12N2O2/c1-5-8(2)10-6-9(3)11(13)7-12(10)14-4;1-5-7-8-9-10-13(4)12(14)11(3)6-2;1-2-11-5-8-6(10)3-7-4-9;1-5(2)8-6(10)3-7-4-9/h6-7H,2,4-5H2,1,3H3;11H,5-10H2,1-4H3;4H,2-3,5H2,1H3,(H,7,9)(H,8,10);4-5H,3H2,1-2H3,(H,7,9)(H,8,10). The number of allylic oxidation sites excluding steroid dienone is 1. The van der Waals surface area contributed by atoms with E-state index in [1.54, 1.807) is 13.0 Å². The van der Waals surface area contributed by atoms with E-state index >= 15 is 0 Å². The Morgan fingerprint density at radius 1 is 0.980 bits per heavy atom. The molecule has 0 spiro atoms. The van der Waals surface area contributed by atoms with Crippen molar-refractivity contribution < 1.29 is 33.1 Å². The molecule has 0 saturated carbocycles. The van der Waals surface area contributed by atoms with Gasteiger partial charge in [-0.15, -0.1) is 0 Å². The quantitative estimate of drug-likeness (QED) is 0.0647. The molecule has 0 aliphatic heterocycles. The van der Waals surface area contributed by atoms with E-state index in [-0.39, 0.29) is 49.4 Å². The fraction of sp³-hybridized carbons (Fsp3) is 0.611. The second kappa shape index (κ2) is 32.4. The van der Waals surface area contributed by atoms with E-state index in [0.29, 0.717) is 36.6 Å². The maximum absolute atomic E-state index is 13.2. The minimum absolute atomic E-state index is 0.00340. The fourth-order valence-electron chi connectivity index (χ4n) is 3.65. The number of hydrogen-bond acceptors (Lipinski definition) is 7. The van der Waals surface area contributed by atoms with E-state index in [4.69, 9.17) is 4.74 Å². The fourth-order valence-corrected chi connectivity index (χ4v) is 3.65. The molecule has 1 aromatic carbocycles. The molecule has 280 valence electrons. The van der Waals surface area contributed by atoms with Gasteiger partial charge in [-0.1, -0.05) is 53.5 Å². The molecular weight excluding hydrogens is 631 g/mol. The maximum atomic E-state index is 13.2. The highest BCUT2D eigenvalue weighted by molar-refractivity contribution is 5.80. The predicted molar refractivity (Wildman–Crippen MR) is 197 cm³/mol. The van der Waals surface area contributed by atoms with Crippen molar-refractivity contribution in [2.24, 2.45) is 10.9 Å². The van der Waals surface area contributed by atoms with Gasteiger partial charge in [0, 0.05) is 43.8 Å². The number of halogens is 1. The van der Waals surface area contributed by atoms with Gasteiger partial charge >= 0.3 is 0 Å². The normalized spacial score (nSPS) is 10.3. The second-order valence-corrected chi connectivity index (χ2v) is 11.3. The molecule has 1 rings (SSSR count). The first-order valence-electron chi connectivity index (χ1n) is 16.9. The van der Waals surface area contributed by atoms with Gasteiger partial charge in [0.15, 0.2) is 0 Å². The van der Waals surface area contributed by atoms with Crippen LogP contribution in [0.25, 0.3) is 5.57 Å². The summed E-state index contributed by atoms with van der Waals surface area (Å²) in [5.41, 5.74) is 3.03. The topological polar surface area (TPSA) is 158 Å². The predicted octanol–water partition coefficient (Wildman–Crippen LogP) is 5.06. The van der Waals surface area contributed by atoms with Crippen LogP contribution in [0.5, 0.6) is 0 Å². The number of unbranched alkanes of at least 4 members (excludes halogenated alkanes) is 3. The van der Waals surface area contributed by atoms with Crippen LogP contribution >= 0.6 is 0 Å². The van der Waals surface area contributed by atoms with Gasteiger partial charge in [-0.2, -0.15) is 0 Å². The molecule has 1 aromatic rings. The first-order chi connectivity index (χ1) is 23.2. The van der Waals surface area contributed by atoms with Gasteiger partial charge in [-0.3, -0.25) is 29.0 Å². The third-order valence-electron chi connectivity index (χ3n) is 6.73. The van der Waals surface area contributed by atoms with Crippen LogP contribution in [0.15, 0.2) is 23.7 Å². The van der Waals surface area contributed by atoms with Gasteiger partial charge in [-0.05, 0) is 70.9 Å². The number of amides is 5. The molecule has 49 heavy (non-hydrogen) atoms. The van der Waals surface area contributed by atoms with Crippen LogP contribution in [0.2, 0.25) is 0 Å². The lowest BCUT2D eigenvalue weighted by atomic mass is 10.0. The Bertz CT molecular complexity index is 1120. The summed E-state index contributed by atoms with van der Waals surface area (Å²) in [5.74, 6) is -0.192. The van der Waals surface area contributed by atoms with Crippen LogP contribution in [0.1, 0.15) is 98.1 Å². The molecule has 0 aromatic heterocycles. The number of rotatable bonds is 20. The first-order valence-corrected chi connectivity index (χ1v) is 16.9. The summed E-state index contributed by atoms with van der Waals surface area (Å²) in [6, 6.07) is 3.30. The lowest BCUT2D eigenvalue weighted by Crippen LogP contribution is -2.37. The number of carbonyl (C=O) groups excluding carboxylic acids is 5. The zero-order valence-electron chi connectivity index (χ0n) is 31.4. The largest absolute Gasteiger partial charge is 0.362 e. The van der Waals surface area contributed by atoms with Crippen molar-refractivity contribution in [3.8, 4) is 0 Å². The highest BCUT2D eigenvalue weighted by Crippen LogP contribution is 2.29. The van der Waals surface area contributed by atoms with Crippen molar-refractivity contribution in [3.63, 3.8) is 0 Å². The van der Waals surface area contributed by atoms with Crippen molar-refractivity contribution in [2.75, 3.05) is 40.0 Å². The maximum Gasteiger partial charge on any atom is 0.241 e. The third-order valence-corrected chi connectivity index (χ3v) is 6.73. The molecule has 12 nitrogen and oxygen atoms in total. The van der Waals surface area contributed by atoms with Crippen LogP contribution in [0.3, 0.4) is 0 Å². The minimum Gasteiger partial charge on any atom is -0.362 e. The van der Waals surface area contributed by atoms with E-state index in [2.05, 4.69) is 53.4 Å². The van der Waals surface area contributed by atoms with Crippen LogP contribution in [-0.4, -0.2) is 88.2 Å². The molecule has 0 fully saturated rings. The Morgan fingerprint density at radius 2 is 1.57 bits per heavy atom. The van der Waals surface area contributed by atoms with Crippen LogP contribution in [0, 0.1) is 18.7 Å². The highest BCUT2D eigenvalue weighted by atomic mass is 19.1. The summed E-state index contributed by atoms with van der Waals surface area (Å²) in [6.45, 7) is 24.6. The van der Waals surface area contributed by atoms with Crippen LogP contribution in [-0.2, 0) is 28.7 Å². The summed E-state index contributed by atoms with van der Waals surface area (Å²) < 4.78 is 18.0. The highest BCUT2D eigenvalue weighted by Gasteiger charge is 2.14. The average molecular weight is 695 g/mol. The Kier molecular flexibility index (Phi) is 32.6. The molecule has 0 aliphatic rings. The van der Waals surface area contributed by atoms with Crippen molar-refractivity contribution >= 4 is 48.5 Å². The van der Waals surface area contributed by atoms with Crippen LogP contribution in [0.4, 0.5) is 10.1 Å². The molecular formula is C36H63FN6O6. The van der Waals surface area contributed by atoms with E-state index in [0.717, 1.165) is 36.9 Å². The smallest absolute Gasteiger partial charge is 0.241 e. The summed E-state index contributed by atoms with van der Waals surface area (Å²) in [7, 11) is 1.92. The molecule has 0 aliphatic carbocycles. The molecule has 13 heteroatoms. The van der Waals surface area contributed by atoms with Gasteiger partial charge in [0.05, 0.1) is 18.8 Å². The van der Waals surface area contributed by atoms with Gasteiger partial charge in [-0.25, -0.2) is 4.39 Å². The first kappa shape index (κ1) is 49.3. The number of hydrogen-bond donors (Lipinski definition) is 4. The van der Waals surface area contributed by atoms with Gasteiger partial charge in [0.1, 0.15) is 12.5 Å². The number of aryl methyl sites for hydroxylation is 1. The lowest BCUT2D eigenvalue weighted by molar-refractivity contribution is -0.133. The second-order valence-electron chi connectivity index (χ2n) is 11.3. The number of aliphatic imine (C=N–C) groups is 1. The Hall–Kier alpha value is -4.13.